The third-order valence-electron chi connectivity index (χ3n) is 5.08. The standard InChI is InChI=1S/C18H27N3O2S/c1-15-4-2-3-5-16(15)20-17(22)19-14-18(6-10-23-11-7-18)21-8-12-24-13-9-21/h2-5H,6-14H2,1H3,(H2,19,20,22). The number of carbonyl (C=O) groups excluding carboxylic acids is 1. The van der Waals surface area contributed by atoms with E-state index in [9.17, 15) is 4.79 Å². The molecule has 0 spiro atoms. The Labute approximate surface area is 148 Å². The molecule has 132 valence electrons. The lowest BCUT2D eigenvalue weighted by molar-refractivity contribution is -0.0228. The molecular formula is C18H27N3O2S. The number of thioether (sulfide) groups is 1. The number of anilines is 1. The second kappa shape index (κ2) is 8.23. The van der Waals surface area contributed by atoms with Crippen molar-refractivity contribution in [2.45, 2.75) is 25.3 Å². The van der Waals surface area contributed by atoms with Crippen molar-refractivity contribution < 1.29 is 9.53 Å². The van der Waals surface area contributed by atoms with E-state index in [1.54, 1.807) is 0 Å². The normalized spacial score (nSPS) is 21.2. The molecule has 0 saturated carbocycles. The number of rotatable bonds is 4. The number of amides is 2. The zero-order valence-electron chi connectivity index (χ0n) is 14.3. The lowest BCUT2D eigenvalue weighted by Crippen LogP contribution is -2.60. The number of hydrogen-bond acceptors (Lipinski definition) is 4. The van der Waals surface area contributed by atoms with Gasteiger partial charge in [0.2, 0.25) is 0 Å². The first-order chi connectivity index (χ1) is 11.7. The summed E-state index contributed by atoms with van der Waals surface area (Å²) in [5, 5.41) is 6.08. The highest BCUT2D eigenvalue weighted by Crippen LogP contribution is 2.30. The molecule has 6 heteroatoms. The number of urea groups is 1. The van der Waals surface area contributed by atoms with Gasteiger partial charge in [0.15, 0.2) is 0 Å². The summed E-state index contributed by atoms with van der Waals surface area (Å²) in [5.41, 5.74) is 1.98. The van der Waals surface area contributed by atoms with Crippen molar-refractivity contribution in [1.82, 2.24) is 10.2 Å². The molecule has 24 heavy (non-hydrogen) atoms. The van der Waals surface area contributed by atoms with Crippen molar-refractivity contribution in [2.24, 2.45) is 0 Å². The Morgan fingerprint density at radius 1 is 1.25 bits per heavy atom. The Kier molecular flexibility index (Phi) is 6.03. The molecule has 1 aromatic rings. The van der Waals surface area contributed by atoms with E-state index in [0.717, 1.165) is 50.4 Å². The number of aryl methyl sites for hydroxylation is 1. The minimum absolute atomic E-state index is 0.0440. The van der Waals surface area contributed by atoms with E-state index in [4.69, 9.17) is 4.74 Å². The number of nitrogens with zero attached hydrogens (tertiary/aromatic N) is 1. The minimum atomic E-state index is -0.124. The van der Waals surface area contributed by atoms with E-state index in [1.165, 1.54) is 11.5 Å². The Morgan fingerprint density at radius 3 is 2.67 bits per heavy atom. The summed E-state index contributed by atoms with van der Waals surface area (Å²) < 4.78 is 5.57. The predicted molar refractivity (Wildman–Crippen MR) is 99.9 cm³/mol. The molecular weight excluding hydrogens is 322 g/mol. The number of hydrogen-bond donors (Lipinski definition) is 2. The molecule has 2 aliphatic rings. The molecule has 2 amide bonds. The van der Waals surface area contributed by atoms with Crippen LogP contribution in [0.4, 0.5) is 10.5 Å². The minimum Gasteiger partial charge on any atom is -0.381 e. The van der Waals surface area contributed by atoms with Gasteiger partial charge in [-0.15, -0.1) is 0 Å². The van der Waals surface area contributed by atoms with Crippen LogP contribution in [0.15, 0.2) is 24.3 Å². The number of nitrogens with one attached hydrogen (secondary N) is 2. The average Bonchev–Trinajstić information content (AvgIpc) is 2.63. The summed E-state index contributed by atoms with van der Waals surface area (Å²) in [6.07, 6.45) is 1.98. The van der Waals surface area contributed by atoms with Crippen molar-refractivity contribution in [3.63, 3.8) is 0 Å². The highest BCUT2D eigenvalue weighted by Gasteiger charge is 2.39. The van der Waals surface area contributed by atoms with E-state index in [0.29, 0.717) is 6.54 Å². The summed E-state index contributed by atoms with van der Waals surface area (Å²) in [6, 6.07) is 7.72. The Bertz CT molecular complexity index is 555. The van der Waals surface area contributed by atoms with Gasteiger partial charge in [-0.2, -0.15) is 11.8 Å². The highest BCUT2D eigenvalue weighted by atomic mass is 32.2. The van der Waals surface area contributed by atoms with Crippen molar-refractivity contribution in [2.75, 3.05) is 49.7 Å². The SMILES string of the molecule is Cc1ccccc1NC(=O)NCC1(N2CCSCC2)CCOCC1. The molecule has 2 heterocycles. The highest BCUT2D eigenvalue weighted by molar-refractivity contribution is 7.99. The number of carbonyl (C=O) groups is 1. The van der Waals surface area contributed by atoms with Crippen LogP contribution in [0.25, 0.3) is 0 Å². The van der Waals surface area contributed by atoms with Crippen LogP contribution < -0.4 is 10.6 Å². The van der Waals surface area contributed by atoms with Crippen molar-refractivity contribution in [1.29, 1.82) is 0 Å². The van der Waals surface area contributed by atoms with E-state index in [-0.39, 0.29) is 11.6 Å². The van der Waals surface area contributed by atoms with Gasteiger partial charge >= 0.3 is 6.03 Å². The Balaban J connectivity index is 1.60. The third kappa shape index (κ3) is 4.23. The van der Waals surface area contributed by atoms with E-state index < -0.39 is 0 Å². The van der Waals surface area contributed by atoms with Crippen LogP contribution in [0.5, 0.6) is 0 Å². The quantitative estimate of drug-likeness (QED) is 0.878. The van der Waals surface area contributed by atoms with Crippen LogP contribution in [0, 0.1) is 6.92 Å². The number of ether oxygens (including phenoxy) is 1. The van der Waals surface area contributed by atoms with Crippen LogP contribution in [-0.4, -0.2) is 60.8 Å². The van der Waals surface area contributed by atoms with Crippen LogP contribution in [0.3, 0.4) is 0 Å². The molecule has 5 nitrogen and oxygen atoms in total. The predicted octanol–water partition coefficient (Wildman–Crippen LogP) is 2.71. The van der Waals surface area contributed by atoms with E-state index in [1.807, 2.05) is 43.0 Å². The molecule has 2 aliphatic heterocycles. The second-order valence-corrected chi connectivity index (χ2v) is 7.78. The van der Waals surface area contributed by atoms with Gasteiger partial charge in [0.1, 0.15) is 0 Å². The fourth-order valence-corrected chi connectivity index (χ4v) is 4.42. The van der Waals surface area contributed by atoms with Crippen LogP contribution in [-0.2, 0) is 4.74 Å². The molecule has 2 fully saturated rings. The maximum Gasteiger partial charge on any atom is 0.319 e. The fourth-order valence-electron chi connectivity index (χ4n) is 3.52. The first-order valence-electron chi connectivity index (χ1n) is 8.71. The second-order valence-electron chi connectivity index (χ2n) is 6.56. The van der Waals surface area contributed by atoms with Gasteiger partial charge in [-0.1, -0.05) is 18.2 Å². The zero-order chi connectivity index (χ0) is 16.8. The van der Waals surface area contributed by atoms with Gasteiger partial charge in [0.05, 0.1) is 0 Å². The molecule has 0 atom stereocenters. The molecule has 2 N–H and O–H groups in total. The molecule has 0 aromatic heterocycles. The van der Waals surface area contributed by atoms with Gasteiger partial charge < -0.3 is 15.4 Å². The third-order valence-corrected chi connectivity index (χ3v) is 6.02. The summed E-state index contributed by atoms with van der Waals surface area (Å²) in [6.45, 7) is 6.45. The lowest BCUT2D eigenvalue weighted by atomic mass is 9.87. The van der Waals surface area contributed by atoms with Crippen LogP contribution in [0.2, 0.25) is 0 Å². The lowest BCUT2D eigenvalue weighted by Gasteiger charge is -2.47. The largest absolute Gasteiger partial charge is 0.381 e. The molecule has 3 rings (SSSR count). The van der Waals surface area contributed by atoms with Crippen LogP contribution >= 0.6 is 11.8 Å². The topological polar surface area (TPSA) is 53.6 Å². The van der Waals surface area contributed by atoms with Gasteiger partial charge in [-0.3, -0.25) is 4.90 Å². The Hall–Kier alpha value is -1.24. The molecule has 0 aliphatic carbocycles. The first kappa shape index (κ1) is 17.6. The zero-order valence-corrected chi connectivity index (χ0v) is 15.2. The van der Waals surface area contributed by atoms with E-state index in [2.05, 4.69) is 15.5 Å². The molecule has 0 unspecified atom stereocenters. The van der Waals surface area contributed by atoms with Crippen molar-refractivity contribution in [3.8, 4) is 0 Å². The average molecular weight is 350 g/mol. The van der Waals surface area contributed by atoms with Crippen molar-refractivity contribution >= 4 is 23.5 Å². The van der Waals surface area contributed by atoms with Gasteiger partial charge in [-0.25, -0.2) is 4.79 Å². The first-order valence-corrected chi connectivity index (χ1v) is 9.86. The van der Waals surface area contributed by atoms with Gasteiger partial charge in [-0.05, 0) is 31.4 Å². The number of para-hydroxylation sites is 1. The summed E-state index contributed by atoms with van der Waals surface area (Å²) in [5.74, 6) is 2.36. The monoisotopic (exact) mass is 349 g/mol. The maximum absolute atomic E-state index is 12.4. The smallest absolute Gasteiger partial charge is 0.319 e. The van der Waals surface area contributed by atoms with Crippen molar-refractivity contribution in [3.05, 3.63) is 29.8 Å². The van der Waals surface area contributed by atoms with E-state index >= 15 is 0 Å². The maximum atomic E-state index is 12.4. The number of benzene rings is 1. The van der Waals surface area contributed by atoms with Crippen LogP contribution in [0.1, 0.15) is 18.4 Å². The summed E-state index contributed by atoms with van der Waals surface area (Å²) in [4.78, 5) is 14.9. The molecule has 1 aromatic carbocycles. The van der Waals surface area contributed by atoms with Gasteiger partial charge in [0, 0.05) is 55.6 Å². The summed E-state index contributed by atoms with van der Waals surface area (Å²) in [7, 11) is 0. The summed E-state index contributed by atoms with van der Waals surface area (Å²) >= 11 is 2.02. The molecule has 0 bridgehead atoms. The fraction of sp³-hybridized carbons (Fsp3) is 0.611. The van der Waals surface area contributed by atoms with Gasteiger partial charge in [0.25, 0.3) is 0 Å². The molecule has 2 saturated heterocycles. The Morgan fingerprint density at radius 2 is 1.96 bits per heavy atom. The molecule has 0 radical (unpaired) electrons.